The summed E-state index contributed by atoms with van der Waals surface area (Å²) in [5, 5.41) is 13.7. The maximum atomic E-state index is 12.7. The lowest BCUT2D eigenvalue weighted by molar-refractivity contribution is -0.190. The maximum absolute atomic E-state index is 12.7. The van der Waals surface area contributed by atoms with E-state index in [0.717, 1.165) is 6.08 Å². The molecule has 2 atom stereocenters. The van der Waals surface area contributed by atoms with E-state index >= 15 is 0 Å². The summed E-state index contributed by atoms with van der Waals surface area (Å²) < 4.78 is 58.8. The van der Waals surface area contributed by atoms with Gasteiger partial charge in [0, 0.05) is 0 Å². The summed E-state index contributed by atoms with van der Waals surface area (Å²) in [6.45, 7) is -1.34. The van der Waals surface area contributed by atoms with Gasteiger partial charge in [0.15, 0.2) is 0 Å². The van der Waals surface area contributed by atoms with Crippen LogP contribution in [-0.4, -0.2) is 31.1 Å². The van der Waals surface area contributed by atoms with Gasteiger partial charge in [-0.05, 0) is 6.42 Å². The first kappa shape index (κ1) is 14.2. The third-order valence-corrected chi connectivity index (χ3v) is 4.41. The summed E-state index contributed by atoms with van der Waals surface area (Å²) in [6, 6.07) is 0. The Morgan fingerprint density at radius 3 is 2.29 bits per heavy atom. The summed E-state index contributed by atoms with van der Waals surface area (Å²) in [5.41, 5.74) is 0. The van der Waals surface area contributed by atoms with E-state index in [1.54, 1.807) is 0 Å². The zero-order valence-electron chi connectivity index (χ0n) is 8.68. The molecule has 1 rings (SSSR count). The van der Waals surface area contributed by atoms with Gasteiger partial charge in [-0.3, -0.25) is 0 Å². The molecule has 2 unspecified atom stereocenters. The van der Waals surface area contributed by atoms with Gasteiger partial charge in [-0.15, -0.1) is 0 Å². The molecule has 0 bridgehead atoms. The summed E-state index contributed by atoms with van der Waals surface area (Å²) in [5.74, 6) is -2.44. The van der Waals surface area contributed by atoms with E-state index < -0.39 is 39.9 Å². The topological polar surface area (TPSA) is 80.4 Å². The molecule has 0 saturated heterocycles. The number of hydrogen-bond acceptors (Lipinski definition) is 3. The molecule has 4 nitrogen and oxygen atoms in total. The van der Waals surface area contributed by atoms with Crippen molar-refractivity contribution in [3.8, 4) is 0 Å². The molecule has 0 amide bonds. The molecule has 0 aliphatic heterocycles. The van der Waals surface area contributed by atoms with E-state index in [9.17, 15) is 21.6 Å². The van der Waals surface area contributed by atoms with Gasteiger partial charge in [0.05, 0.1) is 6.61 Å². The van der Waals surface area contributed by atoms with Crippen molar-refractivity contribution in [2.75, 3.05) is 6.61 Å². The second-order valence-corrected chi connectivity index (χ2v) is 5.62. The number of alkyl halides is 3. The lowest BCUT2D eigenvalue weighted by Gasteiger charge is -2.36. The fourth-order valence-corrected chi connectivity index (χ4v) is 3.02. The second kappa shape index (κ2) is 4.43. The monoisotopic (exact) mass is 271 g/mol. The number of nitrogens with two attached hydrogens (primary N) is 1. The van der Waals surface area contributed by atoms with E-state index in [1.165, 1.54) is 18.2 Å². The van der Waals surface area contributed by atoms with Crippen LogP contribution in [0.25, 0.3) is 0 Å². The van der Waals surface area contributed by atoms with Crippen LogP contribution in [0.3, 0.4) is 0 Å². The van der Waals surface area contributed by atoms with Crippen LogP contribution in [0.15, 0.2) is 24.3 Å². The SMILES string of the molecule is NS(=O)(=O)C1(C(CO)C(F)(F)F)C=CC=CC1. The fraction of sp³-hybridized carbons (Fsp3) is 0.556. The summed E-state index contributed by atoms with van der Waals surface area (Å²) >= 11 is 0. The Balaban J connectivity index is 3.35. The lowest BCUT2D eigenvalue weighted by atomic mass is 9.86. The molecule has 0 heterocycles. The van der Waals surface area contributed by atoms with Crippen molar-refractivity contribution in [3.63, 3.8) is 0 Å². The van der Waals surface area contributed by atoms with Crippen molar-refractivity contribution >= 4 is 10.0 Å². The van der Waals surface area contributed by atoms with Gasteiger partial charge in [0.2, 0.25) is 10.0 Å². The number of rotatable bonds is 3. The Hall–Kier alpha value is -0.860. The fourth-order valence-electron chi connectivity index (χ4n) is 1.82. The highest BCUT2D eigenvalue weighted by Gasteiger charge is 2.57. The first-order valence-electron chi connectivity index (χ1n) is 4.69. The van der Waals surface area contributed by atoms with E-state index in [4.69, 9.17) is 10.2 Å². The van der Waals surface area contributed by atoms with E-state index in [-0.39, 0.29) is 0 Å². The molecule has 0 spiro atoms. The Bertz CT molecular complexity index is 441. The molecule has 0 saturated carbocycles. The smallest absolute Gasteiger partial charge is 0.395 e. The standard InChI is InChI=1S/C9H12F3NO3S/c10-9(11,12)7(6-14)8(17(13,15)16)4-2-1-3-5-8/h1-4,7,14H,5-6H2,(H2,13,15,16). The van der Waals surface area contributed by atoms with Gasteiger partial charge in [-0.1, -0.05) is 24.3 Å². The molecule has 3 N–H and O–H groups in total. The minimum absolute atomic E-state index is 0.410. The number of hydrogen-bond donors (Lipinski definition) is 2. The summed E-state index contributed by atoms with van der Waals surface area (Å²) in [4.78, 5) is 0. The average molecular weight is 271 g/mol. The molecule has 0 aromatic rings. The number of primary sulfonamides is 1. The van der Waals surface area contributed by atoms with Gasteiger partial charge in [0.1, 0.15) is 10.7 Å². The number of allylic oxidation sites excluding steroid dienone is 3. The van der Waals surface area contributed by atoms with Crippen LogP contribution in [0.5, 0.6) is 0 Å². The summed E-state index contributed by atoms with van der Waals surface area (Å²) in [7, 11) is -4.50. The van der Waals surface area contributed by atoms with Gasteiger partial charge in [0.25, 0.3) is 0 Å². The third kappa shape index (κ3) is 2.53. The third-order valence-electron chi connectivity index (χ3n) is 2.76. The van der Waals surface area contributed by atoms with Crippen LogP contribution in [-0.2, 0) is 10.0 Å². The number of halogens is 3. The molecule has 98 valence electrons. The Labute approximate surface area is 96.7 Å². The predicted octanol–water partition coefficient (Wildman–Crippen LogP) is 0.701. The van der Waals surface area contributed by atoms with Crippen molar-refractivity contribution in [1.82, 2.24) is 0 Å². The minimum Gasteiger partial charge on any atom is -0.396 e. The van der Waals surface area contributed by atoms with E-state index in [2.05, 4.69) is 0 Å². The van der Waals surface area contributed by atoms with Crippen molar-refractivity contribution in [2.45, 2.75) is 17.3 Å². The van der Waals surface area contributed by atoms with Crippen molar-refractivity contribution < 1.29 is 26.7 Å². The lowest BCUT2D eigenvalue weighted by Crippen LogP contribution is -2.54. The van der Waals surface area contributed by atoms with E-state index in [1.807, 2.05) is 0 Å². The quantitative estimate of drug-likeness (QED) is 0.793. The number of sulfonamides is 1. The highest BCUT2D eigenvalue weighted by Crippen LogP contribution is 2.42. The molecule has 0 aromatic carbocycles. The molecule has 8 heteroatoms. The largest absolute Gasteiger partial charge is 0.396 e. The first-order valence-corrected chi connectivity index (χ1v) is 6.24. The molecular weight excluding hydrogens is 259 g/mol. The van der Waals surface area contributed by atoms with Gasteiger partial charge >= 0.3 is 6.18 Å². The van der Waals surface area contributed by atoms with Crippen molar-refractivity contribution in [1.29, 1.82) is 0 Å². The second-order valence-electron chi connectivity index (χ2n) is 3.77. The zero-order valence-corrected chi connectivity index (χ0v) is 9.50. The van der Waals surface area contributed by atoms with Crippen LogP contribution < -0.4 is 5.14 Å². The van der Waals surface area contributed by atoms with Gasteiger partial charge in [-0.2, -0.15) is 13.2 Å². The normalized spacial score (nSPS) is 27.1. The number of aliphatic hydroxyl groups is 1. The Morgan fingerprint density at radius 1 is 1.41 bits per heavy atom. The van der Waals surface area contributed by atoms with Crippen molar-refractivity contribution in [2.24, 2.45) is 11.1 Å². The molecular formula is C9H12F3NO3S. The molecule has 0 radical (unpaired) electrons. The molecule has 0 fully saturated rings. The van der Waals surface area contributed by atoms with Crippen LogP contribution in [0.1, 0.15) is 6.42 Å². The predicted molar refractivity (Wildman–Crippen MR) is 55.4 cm³/mol. The molecule has 0 aromatic heterocycles. The molecule has 1 aliphatic rings. The van der Waals surface area contributed by atoms with Crippen molar-refractivity contribution in [3.05, 3.63) is 24.3 Å². The Morgan fingerprint density at radius 2 is 2.00 bits per heavy atom. The Kier molecular flexibility index (Phi) is 3.70. The highest BCUT2D eigenvalue weighted by molar-refractivity contribution is 7.90. The van der Waals surface area contributed by atoms with Gasteiger partial charge in [-0.25, -0.2) is 13.6 Å². The van der Waals surface area contributed by atoms with Crippen LogP contribution in [0.2, 0.25) is 0 Å². The number of aliphatic hydroxyl groups excluding tert-OH is 1. The first-order chi connectivity index (χ1) is 7.65. The molecule has 17 heavy (non-hydrogen) atoms. The van der Waals surface area contributed by atoms with Crippen LogP contribution >= 0.6 is 0 Å². The minimum atomic E-state index is -4.85. The van der Waals surface area contributed by atoms with E-state index in [0.29, 0.717) is 0 Å². The van der Waals surface area contributed by atoms with Crippen LogP contribution in [0, 0.1) is 5.92 Å². The summed E-state index contributed by atoms with van der Waals surface area (Å²) in [6.07, 6.45) is -0.490. The zero-order chi connectivity index (χ0) is 13.3. The van der Waals surface area contributed by atoms with Crippen LogP contribution in [0.4, 0.5) is 13.2 Å². The average Bonchev–Trinajstić information content (AvgIpc) is 2.16. The van der Waals surface area contributed by atoms with Gasteiger partial charge < -0.3 is 5.11 Å². The molecule has 1 aliphatic carbocycles. The maximum Gasteiger partial charge on any atom is 0.395 e. The highest BCUT2D eigenvalue weighted by atomic mass is 32.2.